The monoisotopic (exact) mass is 381 g/mol. The molecule has 4 heterocycles. The minimum absolute atomic E-state index is 0.0433. The van der Waals surface area contributed by atoms with E-state index in [4.69, 9.17) is 5.26 Å². The summed E-state index contributed by atoms with van der Waals surface area (Å²) in [7, 11) is 0. The average Bonchev–Trinajstić information content (AvgIpc) is 3.25. The molecule has 28 heavy (non-hydrogen) atoms. The molecule has 8 nitrogen and oxygen atoms in total. The van der Waals surface area contributed by atoms with E-state index in [-0.39, 0.29) is 40.7 Å². The molecule has 0 spiro atoms. The fourth-order valence-corrected chi connectivity index (χ4v) is 4.31. The predicted octanol–water partition coefficient (Wildman–Crippen LogP) is 2.18. The zero-order valence-electron chi connectivity index (χ0n) is 16.4. The van der Waals surface area contributed by atoms with Crippen LogP contribution in [0, 0.1) is 23.7 Å². The summed E-state index contributed by atoms with van der Waals surface area (Å²) < 4.78 is 2.82. The van der Waals surface area contributed by atoms with Crippen LogP contribution < -0.4 is 5.69 Å². The normalized spacial score (nSPS) is 20.3. The van der Waals surface area contributed by atoms with E-state index >= 15 is 0 Å². The fourth-order valence-electron chi connectivity index (χ4n) is 4.31. The number of aryl methyl sites for hydroxylation is 1. The van der Waals surface area contributed by atoms with Gasteiger partial charge < -0.3 is 10.0 Å². The maximum absolute atomic E-state index is 13.0. The Balaban J connectivity index is 1.75. The number of hydrogen-bond acceptors (Lipinski definition) is 5. The lowest BCUT2D eigenvalue weighted by Gasteiger charge is -2.30. The van der Waals surface area contributed by atoms with Gasteiger partial charge in [-0.2, -0.15) is 5.26 Å². The molecule has 1 fully saturated rings. The molecule has 146 valence electrons. The van der Waals surface area contributed by atoms with Gasteiger partial charge in [0.1, 0.15) is 17.5 Å². The number of amides is 1. The Kier molecular flexibility index (Phi) is 3.89. The second-order valence-corrected chi connectivity index (χ2v) is 8.86. The highest BCUT2D eigenvalue weighted by Crippen LogP contribution is 2.49. The van der Waals surface area contributed by atoms with E-state index in [9.17, 15) is 14.7 Å². The highest BCUT2D eigenvalue weighted by Gasteiger charge is 2.49. The molecule has 2 aliphatic heterocycles. The molecular formula is C20H23N5O3. The van der Waals surface area contributed by atoms with Crippen molar-refractivity contribution >= 4 is 5.91 Å². The molecule has 4 rings (SSSR count). The van der Waals surface area contributed by atoms with Gasteiger partial charge >= 0.3 is 5.69 Å². The lowest BCUT2D eigenvalue weighted by Crippen LogP contribution is -2.39. The van der Waals surface area contributed by atoms with Crippen molar-refractivity contribution in [2.45, 2.75) is 52.6 Å². The first kappa shape index (κ1) is 18.3. The summed E-state index contributed by atoms with van der Waals surface area (Å²) in [6, 6.07) is 3.23. The van der Waals surface area contributed by atoms with E-state index < -0.39 is 0 Å². The second-order valence-electron chi connectivity index (χ2n) is 8.86. The van der Waals surface area contributed by atoms with Crippen LogP contribution in [0.5, 0.6) is 5.88 Å². The predicted molar refractivity (Wildman–Crippen MR) is 101 cm³/mol. The van der Waals surface area contributed by atoms with Crippen LogP contribution in [0.2, 0.25) is 0 Å². The first-order valence-electron chi connectivity index (χ1n) is 9.35. The van der Waals surface area contributed by atoms with Gasteiger partial charge in [0, 0.05) is 13.0 Å². The van der Waals surface area contributed by atoms with Crippen LogP contribution in [0.4, 0.5) is 0 Å². The van der Waals surface area contributed by atoms with Crippen molar-refractivity contribution in [2.24, 2.45) is 5.41 Å². The first-order valence-corrected chi connectivity index (χ1v) is 9.35. The third-order valence-corrected chi connectivity index (χ3v) is 5.49. The molecule has 2 bridgehead atoms. The number of aromatic nitrogens is 3. The summed E-state index contributed by atoms with van der Waals surface area (Å²) in [6.07, 6.45) is 2.48. The van der Waals surface area contributed by atoms with Gasteiger partial charge in [-0.1, -0.05) is 20.8 Å². The van der Waals surface area contributed by atoms with Gasteiger partial charge in [-0.3, -0.25) is 9.36 Å². The van der Waals surface area contributed by atoms with Crippen molar-refractivity contribution in [1.29, 1.82) is 5.26 Å². The van der Waals surface area contributed by atoms with Crippen LogP contribution >= 0.6 is 0 Å². The van der Waals surface area contributed by atoms with Crippen LogP contribution in [-0.4, -0.2) is 36.6 Å². The number of pyridine rings is 1. The SMILES string of the molecule is Cc1cc(-n2c(O)c3n(c2=O)[C@@H]2CC3N(C(=O)CC(C)(C)C)C2)cnc1C#N. The Labute approximate surface area is 162 Å². The second kappa shape index (κ2) is 5.96. The summed E-state index contributed by atoms with van der Waals surface area (Å²) >= 11 is 0. The maximum atomic E-state index is 13.0. The molecule has 0 saturated carbocycles. The van der Waals surface area contributed by atoms with Gasteiger partial charge in [0.15, 0.2) is 0 Å². The molecule has 1 unspecified atom stereocenters. The first-order chi connectivity index (χ1) is 13.1. The van der Waals surface area contributed by atoms with E-state index in [0.717, 1.165) is 0 Å². The molecule has 1 amide bonds. The molecular weight excluding hydrogens is 358 g/mol. The minimum atomic E-state index is -0.339. The fraction of sp³-hybridized carbons (Fsp3) is 0.500. The van der Waals surface area contributed by atoms with Crippen molar-refractivity contribution in [1.82, 2.24) is 19.0 Å². The number of rotatable bonds is 2. The largest absolute Gasteiger partial charge is 0.493 e. The van der Waals surface area contributed by atoms with E-state index in [1.54, 1.807) is 22.5 Å². The molecule has 2 aliphatic rings. The molecule has 1 N–H and O–H groups in total. The quantitative estimate of drug-likeness (QED) is 0.859. The lowest BCUT2D eigenvalue weighted by molar-refractivity contribution is -0.134. The van der Waals surface area contributed by atoms with E-state index in [1.165, 1.54) is 10.8 Å². The summed E-state index contributed by atoms with van der Waals surface area (Å²) in [5.41, 5.74) is 1.34. The summed E-state index contributed by atoms with van der Waals surface area (Å²) in [5, 5.41) is 19.9. The third kappa shape index (κ3) is 2.61. The zero-order valence-corrected chi connectivity index (χ0v) is 16.4. The number of aromatic hydroxyl groups is 1. The van der Waals surface area contributed by atoms with Gasteiger partial charge in [0.05, 0.1) is 24.0 Å². The number of nitrogens with zero attached hydrogens (tertiary/aromatic N) is 5. The number of fused-ring (bicyclic) bond motifs is 5. The number of carbonyl (C=O) groups excluding carboxylic acids is 1. The Hall–Kier alpha value is -3.08. The number of likely N-dealkylation sites (tertiary alicyclic amines) is 1. The van der Waals surface area contributed by atoms with E-state index in [2.05, 4.69) is 4.98 Å². The standard InChI is InChI=1S/C20H23N5O3/c1-11-5-12(9-22-14(11)8-21)25-18(27)17-15-6-13(24(17)19(25)28)10-23(15)16(26)7-20(2,3)4/h5,9,13,15,27H,6-7,10H2,1-4H3/t13-,15?/m1/s1. The van der Waals surface area contributed by atoms with E-state index in [0.29, 0.717) is 36.3 Å². The number of imidazole rings is 1. The highest BCUT2D eigenvalue weighted by molar-refractivity contribution is 5.78. The molecule has 8 heteroatoms. The molecule has 0 aliphatic carbocycles. The Morgan fingerprint density at radius 2 is 2.14 bits per heavy atom. The van der Waals surface area contributed by atoms with Gasteiger partial charge in [-0.15, -0.1) is 0 Å². The smallest absolute Gasteiger partial charge is 0.336 e. The summed E-state index contributed by atoms with van der Waals surface area (Å²) in [5.74, 6) is -0.113. The Morgan fingerprint density at radius 1 is 1.43 bits per heavy atom. The van der Waals surface area contributed by atoms with Crippen molar-refractivity contribution in [3.05, 3.63) is 39.7 Å². The van der Waals surface area contributed by atoms with Crippen LogP contribution in [0.1, 0.15) is 62.6 Å². The van der Waals surface area contributed by atoms with Gasteiger partial charge in [0.25, 0.3) is 0 Å². The van der Waals surface area contributed by atoms with Crippen molar-refractivity contribution in [3.63, 3.8) is 0 Å². The lowest BCUT2D eigenvalue weighted by atomic mass is 9.91. The van der Waals surface area contributed by atoms with Crippen LogP contribution in [0.25, 0.3) is 5.69 Å². The highest BCUT2D eigenvalue weighted by atomic mass is 16.3. The summed E-state index contributed by atoms with van der Waals surface area (Å²) in [4.78, 5) is 31.6. The number of hydrogen-bond donors (Lipinski definition) is 1. The number of carbonyl (C=O) groups is 1. The average molecular weight is 381 g/mol. The number of nitriles is 1. The molecule has 2 atom stereocenters. The van der Waals surface area contributed by atoms with Crippen molar-refractivity contribution < 1.29 is 9.90 Å². The Morgan fingerprint density at radius 3 is 2.75 bits per heavy atom. The van der Waals surface area contributed by atoms with Crippen LogP contribution in [-0.2, 0) is 4.79 Å². The van der Waals surface area contributed by atoms with Gasteiger partial charge in [-0.25, -0.2) is 14.3 Å². The maximum Gasteiger partial charge on any atom is 0.336 e. The van der Waals surface area contributed by atoms with Gasteiger partial charge in [-0.05, 0) is 30.4 Å². The van der Waals surface area contributed by atoms with Gasteiger partial charge in [0.2, 0.25) is 11.8 Å². The molecule has 2 aromatic rings. The van der Waals surface area contributed by atoms with Crippen LogP contribution in [0.3, 0.4) is 0 Å². The molecule has 0 aromatic carbocycles. The van der Waals surface area contributed by atoms with E-state index in [1.807, 2.05) is 26.8 Å². The zero-order chi connectivity index (χ0) is 20.4. The van der Waals surface area contributed by atoms with Crippen LogP contribution in [0.15, 0.2) is 17.1 Å². The van der Waals surface area contributed by atoms with Crippen molar-refractivity contribution in [3.8, 4) is 17.6 Å². The topological polar surface area (TPSA) is 104 Å². The van der Waals surface area contributed by atoms with Crippen molar-refractivity contribution in [2.75, 3.05) is 6.54 Å². The summed E-state index contributed by atoms with van der Waals surface area (Å²) in [6.45, 7) is 8.27. The Bertz CT molecular complexity index is 1080. The minimum Gasteiger partial charge on any atom is -0.493 e. The molecule has 2 aromatic heterocycles. The molecule has 1 saturated heterocycles. The molecule has 0 radical (unpaired) electrons. The third-order valence-electron chi connectivity index (χ3n) is 5.49.